The van der Waals surface area contributed by atoms with Gasteiger partial charge in [0.05, 0.1) is 19.8 Å². The number of likely N-dealkylation sites (tertiary alicyclic amines) is 1. The summed E-state index contributed by atoms with van der Waals surface area (Å²) in [5.41, 5.74) is 1.14. The van der Waals surface area contributed by atoms with Crippen LogP contribution in [0, 0.1) is 0 Å². The van der Waals surface area contributed by atoms with Crippen LogP contribution in [0.5, 0.6) is 11.5 Å². The van der Waals surface area contributed by atoms with Crippen LogP contribution < -0.4 is 20.1 Å². The van der Waals surface area contributed by atoms with Crippen LogP contribution in [0.25, 0.3) is 0 Å². The van der Waals surface area contributed by atoms with Crippen molar-refractivity contribution in [2.24, 2.45) is 4.99 Å². The van der Waals surface area contributed by atoms with Crippen molar-refractivity contribution in [2.75, 3.05) is 32.8 Å². The monoisotopic (exact) mass is 514 g/mol. The van der Waals surface area contributed by atoms with E-state index in [1.54, 1.807) is 0 Å². The van der Waals surface area contributed by atoms with Crippen LogP contribution in [0.1, 0.15) is 51.0 Å². The minimum atomic E-state index is 0. The van der Waals surface area contributed by atoms with Crippen LogP contribution >= 0.6 is 24.0 Å². The molecule has 4 rings (SSSR count). The maximum absolute atomic E-state index is 5.80. The van der Waals surface area contributed by atoms with E-state index in [1.165, 1.54) is 38.6 Å². The number of ether oxygens (including phenoxy) is 2. The summed E-state index contributed by atoms with van der Waals surface area (Å²) in [5, 5.41) is 7.06. The number of guanidine groups is 1. The van der Waals surface area contributed by atoms with Gasteiger partial charge in [0.25, 0.3) is 0 Å². The molecule has 162 valence electrons. The van der Waals surface area contributed by atoms with E-state index in [2.05, 4.69) is 34.6 Å². The minimum Gasteiger partial charge on any atom is -0.490 e. The molecule has 0 amide bonds. The molecule has 7 heteroatoms. The van der Waals surface area contributed by atoms with Gasteiger partial charge in [0, 0.05) is 38.1 Å². The van der Waals surface area contributed by atoms with Gasteiger partial charge in [-0.3, -0.25) is 4.90 Å². The number of hydrogen-bond donors (Lipinski definition) is 2. The van der Waals surface area contributed by atoms with Gasteiger partial charge in [0.2, 0.25) is 0 Å². The summed E-state index contributed by atoms with van der Waals surface area (Å²) in [6.07, 6.45) is 7.69. The van der Waals surface area contributed by atoms with Crippen molar-refractivity contribution in [3.8, 4) is 11.5 Å². The molecular weight excluding hydrogens is 479 g/mol. The summed E-state index contributed by atoms with van der Waals surface area (Å²) in [7, 11) is 0. The Hall–Kier alpha value is -1.22. The molecule has 29 heavy (non-hydrogen) atoms. The molecule has 1 saturated heterocycles. The van der Waals surface area contributed by atoms with Gasteiger partial charge in [0.1, 0.15) is 0 Å². The van der Waals surface area contributed by atoms with Gasteiger partial charge in [-0.1, -0.05) is 18.9 Å². The third kappa shape index (κ3) is 6.13. The first-order valence-electron chi connectivity index (χ1n) is 11.0. The third-order valence-corrected chi connectivity index (χ3v) is 5.98. The number of halogens is 1. The first-order chi connectivity index (χ1) is 13.8. The van der Waals surface area contributed by atoms with E-state index in [4.69, 9.17) is 14.5 Å². The quantitative estimate of drug-likeness (QED) is 0.358. The molecule has 0 radical (unpaired) electrons. The highest BCUT2D eigenvalue weighted by molar-refractivity contribution is 14.0. The smallest absolute Gasteiger partial charge is 0.191 e. The highest BCUT2D eigenvalue weighted by Crippen LogP contribution is 2.30. The van der Waals surface area contributed by atoms with Gasteiger partial charge in [0.15, 0.2) is 17.5 Å². The Bertz CT molecular complexity index is 679. The van der Waals surface area contributed by atoms with E-state index >= 15 is 0 Å². The van der Waals surface area contributed by atoms with Crippen LogP contribution in [0.15, 0.2) is 23.2 Å². The molecule has 1 aliphatic carbocycles. The molecule has 0 bridgehead atoms. The van der Waals surface area contributed by atoms with Crippen LogP contribution in [0.2, 0.25) is 0 Å². The highest BCUT2D eigenvalue weighted by Gasteiger charge is 2.30. The molecule has 1 aromatic rings. The lowest BCUT2D eigenvalue weighted by Gasteiger charge is -2.24. The summed E-state index contributed by atoms with van der Waals surface area (Å²) in [5.74, 6) is 2.59. The second-order valence-electron chi connectivity index (χ2n) is 8.09. The Kier molecular flexibility index (Phi) is 8.71. The summed E-state index contributed by atoms with van der Waals surface area (Å²) >= 11 is 0. The van der Waals surface area contributed by atoms with Crippen molar-refractivity contribution >= 4 is 29.9 Å². The molecule has 2 N–H and O–H groups in total. The maximum Gasteiger partial charge on any atom is 0.191 e. The standard InChI is InChI=1S/C22H34N4O2.HI/c1-2-23-22(25-18-10-11-26(16-18)19-6-3-4-7-19)24-15-17-8-9-20-21(14-17)28-13-5-12-27-20;/h8-9,14,18-19H,2-7,10-13,15-16H2,1H3,(H2,23,24,25);1H. The van der Waals surface area contributed by atoms with Crippen LogP contribution in [-0.2, 0) is 6.54 Å². The Morgan fingerprint density at radius 2 is 1.90 bits per heavy atom. The van der Waals surface area contributed by atoms with Crippen LogP contribution in [0.4, 0.5) is 0 Å². The molecule has 6 nitrogen and oxygen atoms in total. The van der Waals surface area contributed by atoms with Gasteiger partial charge >= 0.3 is 0 Å². The number of nitrogens with zero attached hydrogens (tertiary/aromatic N) is 2. The fourth-order valence-corrected chi connectivity index (χ4v) is 4.50. The summed E-state index contributed by atoms with van der Waals surface area (Å²) < 4.78 is 11.5. The van der Waals surface area contributed by atoms with Gasteiger partial charge < -0.3 is 20.1 Å². The summed E-state index contributed by atoms with van der Waals surface area (Å²) in [6, 6.07) is 7.45. The maximum atomic E-state index is 5.80. The van der Waals surface area contributed by atoms with Gasteiger partial charge in [-0.15, -0.1) is 24.0 Å². The molecule has 1 unspecified atom stereocenters. The molecule has 1 aromatic carbocycles. The lowest BCUT2D eigenvalue weighted by Crippen LogP contribution is -2.45. The first-order valence-corrected chi connectivity index (χ1v) is 11.0. The molecule has 3 aliphatic rings. The zero-order valence-corrected chi connectivity index (χ0v) is 19.8. The number of rotatable bonds is 5. The summed E-state index contributed by atoms with van der Waals surface area (Å²) in [6.45, 7) is 7.39. The molecule has 1 saturated carbocycles. The lowest BCUT2D eigenvalue weighted by atomic mass is 10.2. The molecule has 0 aromatic heterocycles. The minimum absolute atomic E-state index is 0. The average molecular weight is 514 g/mol. The van der Waals surface area contributed by atoms with Crippen molar-refractivity contribution in [1.29, 1.82) is 0 Å². The SMILES string of the molecule is CCNC(=NCc1ccc2c(c1)OCCCO2)NC1CCN(C2CCCC2)C1.I. The summed E-state index contributed by atoms with van der Waals surface area (Å²) in [4.78, 5) is 7.50. The van der Waals surface area contributed by atoms with Gasteiger partial charge in [-0.25, -0.2) is 4.99 Å². The van der Waals surface area contributed by atoms with E-state index in [-0.39, 0.29) is 24.0 Å². The zero-order chi connectivity index (χ0) is 19.2. The van der Waals surface area contributed by atoms with Crippen molar-refractivity contribution in [3.63, 3.8) is 0 Å². The molecule has 0 spiro atoms. The number of fused-ring (bicyclic) bond motifs is 1. The van der Waals surface area contributed by atoms with E-state index in [1.807, 2.05) is 6.07 Å². The number of nitrogens with one attached hydrogen (secondary N) is 2. The second-order valence-corrected chi connectivity index (χ2v) is 8.09. The van der Waals surface area contributed by atoms with Crippen molar-refractivity contribution < 1.29 is 9.47 Å². The normalized spacial score (nSPS) is 22.8. The van der Waals surface area contributed by atoms with Crippen LogP contribution in [-0.4, -0.2) is 55.8 Å². The fraction of sp³-hybridized carbons (Fsp3) is 0.682. The molecule has 2 heterocycles. The van der Waals surface area contributed by atoms with Crippen molar-refractivity contribution in [2.45, 2.75) is 64.1 Å². The zero-order valence-electron chi connectivity index (χ0n) is 17.5. The van der Waals surface area contributed by atoms with E-state index < -0.39 is 0 Å². The van der Waals surface area contributed by atoms with E-state index in [9.17, 15) is 0 Å². The largest absolute Gasteiger partial charge is 0.490 e. The lowest BCUT2D eigenvalue weighted by molar-refractivity contribution is 0.242. The Labute approximate surface area is 191 Å². The van der Waals surface area contributed by atoms with E-state index in [0.29, 0.717) is 19.2 Å². The fourth-order valence-electron chi connectivity index (χ4n) is 4.50. The number of aliphatic imine (C=N–C) groups is 1. The number of hydrogen-bond acceptors (Lipinski definition) is 4. The van der Waals surface area contributed by atoms with Crippen LogP contribution in [0.3, 0.4) is 0 Å². The highest BCUT2D eigenvalue weighted by atomic mass is 127. The van der Waals surface area contributed by atoms with Crippen molar-refractivity contribution in [1.82, 2.24) is 15.5 Å². The average Bonchev–Trinajstić information content (AvgIpc) is 3.34. The molecule has 2 fully saturated rings. The first kappa shape index (κ1) is 22.5. The van der Waals surface area contributed by atoms with Crippen molar-refractivity contribution in [3.05, 3.63) is 23.8 Å². The Balaban J connectivity index is 0.00000240. The Morgan fingerprint density at radius 3 is 2.69 bits per heavy atom. The molecule has 1 atom stereocenters. The topological polar surface area (TPSA) is 58.1 Å². The Morgan fingerprint density at radius 1 is 1.10 bits per heavy atom. The second kappa shape index (κ2) is 11.2. The van der Waals surface area contributed by atoms with E-state index in [0.717, 1.165) is 55.2 Å². The van der Waals surface area contributed by atoms with Gasteiger partial charge in [-0.05, 0) is 43.9 Å². The number of benzene rings is 1. The molecular formula is C22H35IN4O2. The third-order valence-electron chi connectivity index (χ3n) is 5.98. The predicted octanol–water partition coefficient (Wildman–Crippen LogP) is 3.54. The van der Waals surface area contributed by atoms with Gasteiger partial charge in [-0.2, -0.15) is 0 Å². The molecule has 2 aliphatic heterocycles. The predicted molar refractivity (Wildman–Crippen MR) is 128 cm³/mol.